The molecule has 0 aromatic carbocycles. The summed E-state index contributed by atoms with van der Waals surface area (Å²) in [7, 11) is 1.64. The number of alkyl halides is 3. The number of aliphatic imine (C=N–C) groups is 1. The Kier molecular flexibility index (Phi) is 8.36. The minimum atomic E-state index is -5.04. The molecule has 0 spiro atoms. The first-order valence-corrected chi connectivity index (χ1v) is 14.7. The van der Waals surface area contributed by atoms with Crippen molar-refractivity contribution in [2.24, 2.45) is 4.99 Å². The van der Waals surface area contributed by atoms with E-state index >= 15 is 0 Å². The van der Waals surface area contributed by atoms with Crippen molar-refractivity contribution in [3.63, 3.8) is 0 Å². The molecule has 2 atom stereocenters. The highest BCUT2D eigenvalue weighted by Gasteiger charge is 2.39. The SMILES string of the molecule is CN(C)C=Nc1ncnc2c1c(C#CNC(=O)C(F)(F)F)cn2[C@H]1CC[C@@H](CO[Si](C)(C)C(C)(C)C)O1. The van der Waals surface area contributed by atoms with Crippen LogP contribution < -0.4 is 5.32 Å². The molecule has 202 valence electrons. The Balaban J connectivity index is 1.91. The smallest absolute Gasteiger partial charge is 0.414 e. The predicted octanol–water partition coefficient (Wildman–Crippen LogP) is 4.34. The van der Waals surface area contributed by atoms with Gasteiger partial charge in [0.15, 0.2) is 14.1 Å². The second-order valence-electron chi connectivity index (χ2n) is 10.6. The highest BCUT2D eigenvalue weighted by atomic mass is 28.4. The molecule has 3 rings (SSSR count). The van der Waals surface area contributed by atoms with Crippen LogP contribution in [0.4, 0.5) is 19.0 Å². The fourth-order valence-electron chi connectivity index (χ4n) is 3.41. The number of amides is 1. The second kappa shape index (κ2) is 10.8. The van der Waals surface area contributed by atoms with E-state index in [1.807, 2.05) is 0 Å². The van der Waals surface area contributed by atoms with Gasteiger partial charge in [-0.25, -0.2) is 15.0 Å². The molecule has 13 heteroatoms. The third-order valence-corrected chi connectivity index (χ3v) is 11.0. The minimum absolute atomic E-state index is 0.0805. The molecule has 2 aromatic rings. The van der Waals surface area contributed by atoms with Crippen LogP contribution in [-0.2, 0) is 14.0 Å². The fraction of sp³-hybridized carbons (Fsp3) is 0.583. The van der Waals surface area contributed by atoms with Crippen LogP contribution in [0.25, 0.3) is 11.0 Å². The van der Waals surface area contributed by atoms with Gasteiger partial charge in [-0.3, -0.25) is 10.1 Å². The summed E-state index contributed by atoms with van der Waals surface area (Å²) in [4.78, 5) is 25.9. The summed E-state index contributed by atoms with van der Waals surface area (Å²) in [6.45, 7) is 11.4. The number of nitrogens with one attached hydrogen (secondary N) is 1. The Bertz CT molecular complexity index is 1220. The summed E-state index contributed by atoms with van der Waals surface area (Å²) in [5, 5.41) is 2.09. The van der Waals surface area contributed by atoms with E-state index in [9.17, 15) is 18.0 Å². The minimum Gasteiger partial charge on any atom is -0.414 e. The van der Waals surface area contributed by atoms with Gasteiger partial charge in [0.1, 0.15) is 18.2 Å². The van der Waals surface area contributed by atoms with E-state index in [1.165, 1.54) is 6.33 Å². The van der Waals surface area contributed by atoms with E-state index in [0.29, 0.717) is 35.4 Å². The number of halogens is 3. The van der Waals surface area contributed by atoms with Crippen LogP contribution >= 0.6 is 0 Å². The largest absolute Gasteiger partial charge is 0.472 e. The quantitative estimate of drug-likeness (QED) is 0.193. The van der Waals surface area contributed by atoms with E-state index < -0.39 is 20.4 Å². The topological polar surface area (TPSA) is 93.9 Å². The Labute approximate surface area is 215 Å². The number of ether oxygens (including phenoxy) is 1. The fourth-order valence-corrected chi connectivity index (χ4v) is 4.44. The number of nitrogens with zero attached hydrogens (tertiary/aromatic N) is 5. The number of fused-ring (bicyclic) bond motifs is 1. The Morgan fingerprint density at radius 1 is 1.32 bits per heavy atom. The lowest BCUT2D eigenvalue weighted by Crippen LogP contribution is -2.42. The third-order valence-electron chi connectivity index (χ3n) is 6.46. The van der Waals surface area contributed by atoms with Crippen molar-refractivity contribution in [3.8, 4) is 12.0 Å². The van der Waals surface area contributed by atoms with E-state index in [1.54, 1.807) is 41.4 Å². The van der Waals surface area contributed by atoms with Gasteiger partial charge in [0.25, 0.3) is 0 Å². The monoisotopic (exact) mass is 538 g/mol. The lowest BCUT2D eigenvalue weighted by atomic mass is 10.2. The van der Waals surface area contributed by atoms with Crippen LogP contribution in [0.1, 0.15) is 45.4 Å². The highest BCUT2D eigenvalue weighted by Crippen LogP contribution is 2.39. The first-order valence-electron chi connectivity index (χ1n) is 11.8. The third kappa shape index (κ3) is 6.88. The van der Waals surface area contributed by atoms with Gasteiger partial charge in [-0.05, 0) is 36.9 Å². The van der Waals surface area contributed by atoms with Crippen LogP contribution in [-0.4, -0.2) is 73.0 Å². The number of carbonyl (C=O) groups is 1. The predicted molar refractivity (Wildman–Crippen MR) is 137 cm³/mol. The molecule has 1 aliphatic heterocycles. The molecule has 1 aliphatic rings. The standard InChI is InChI=1S/C24H33F3N6O3Si/c1-23(2,3)37(6,7)35-13-17-8-9-18(36-17)33-12-16(10-11-28-22(34)24(25,26)27)19-20(31-15-32(4)5)29-14-30-21(19)33/h12,14-15,17-18H,8-9,13H2,1-7H3,(H,28,34)/t17-,18+/m0/s1. The average molecular weight is 539 g/mol. The normalized spacial score (nSPS) is 18.8. The van der Waals surface area contributed by atoms with Gasteiger partial charge in [-0.15, -0.1) is 0 Å². The molecule has 37 heavy (non-hydrogen) atoms. The number of aromatic nitrogens is 3. The zero-order valence-electron chi connectivity index (χ0n) is 22.1. The van der Waals surface area contributed by atoms with Crippen molar-refractivity contribution >= 4 is 37.4 Å². The second-order valence-corrected chi connectivity index (χ2v) is 15.4. The Hall–Kier alpha value is -2.95. The Morgan fingerprint density at radius 2 is 2.03 bits per heavy atom. The van der Waals surface area contributed by atoms with Gasteiger partial charge in [0.05, 0.1) is 30.0 Å². The van der Waals surface area contributed by atoms with Crippen LogP contribution in [0, 0.1) is 12.0 Å². The molecular formula is C24H33F3N6O3Si. The molecule has 9 nitrogen and oxygen atoms in total. The molecule has 3 heterocycles. The maximum Gasteiger partial charge on any atom is 0.472 e. The molecular weight excluding hydrogens is 505 g/mol. The van der Waals surface area contributed by atoms with Gasteiger partial charge in [-0.2, -0.15) is 13.2 Å². The van der Waals surface area contributed by atoms with Crippen LogP contribution in [0.15, 0.2) is 17.5 Å². The number of rotatable bonds is 6. The number of hydrogen-bond acceptors (Lipinski definition) is 6. The van der Waals surface area contributed by atoms with E-state index in [4.69, 9.17) is 9.16 Å². The summed E-state index contributed by atoms with van der Waals surface area (Å²) < 4.78 is 52.1. The molecule has 0 radical (unpaired) electrons. The van der Waals surface area contributed by atoms with Crippen molar-refractivity contribution in [3.05, 3.63) is 18.1 Å². The molecule has 1 amide bonds. The molecule has 2 aromatic heterocycles. The maximum atomic E-state index is 12.6. The summed E-state index contributed by atoms with van der Waals surface area (Å²) in [5.41, 5.74) is 0.789. The molecule has 1 saturated heterocycles. The maximum absolute atomic E-state index is 12.6. The van der Waals surface area contributed by atoms with E-state index in [2.05, 4.69) is 60.8 Å². The summed E-state index contributed by atoms with van der Waals surface area (Å²) in [6.07, 6.45) is 0.487. The van der Waals surface area contributed by atoms with Crippen molar-refractivity contribution in [2.75, 3.05) is 20.7 Å². The van der Waals surface area contributed by atoms with E-state index in [0.717, 1.165) is 6.42 Å². The molecule has 0 unspecified atom stereocenters. The van der Waals surface area contributed by atoms with Gasteiger partial charge < -0.3 is 18.6 Å². The van der Waals surface area contributed by atoms with Crippen LogP contribution in [0.5, 0.6) is 0 Å². The van der Waals surface area contributed by atoms with Gasteiger partial charge in [0, 0.05) is 26.3 Å². The van der Waals surface area contributed by atoms with Crippen LogP contribution in [0.3, 0.4) is 0 Å². The van der Waals surface area contributed by atoms with Crippen molar-refractivity contribution in [2.45, 2.75) is 70.3 Å². The molecule has 1 N–H and O–H groups in total. The number of hydrogen-bond donors (Lipinski definition) is 1. The molecule has 0 bridgehead atoms. The Morgan fingerprint density at radius 3 is 2.65 bits per heavy atom. The lowest BCUT2D eigenvalue weighted by molar-refractivity contribution is -0.172. The summed E-state index contributed by atoms with van der Waals surface area (Å²) in [5.74, 6) is 0.738. The molecule has 1 fully saturated rings. The average Bonchev–Trinajstić information content (AvgIpc) is 3.40. The van der Waals surface area contributed by atoms with Crippen LogP contribution in [0.2, 0.25) is 18.1 Å². The first kappa shape index (κ1) is 28.6. The van der Waals surface area contributed by atoms with Crippen molar-refractivity contribution in [1.82, 2.24) is 24.8 Å². The summed E-state index contributed by atoms with van der Waals surface area (Å²) >= 11 is 0. The molecule has 0 saturated carbocycles. The zero-order valence-corrected chi connectivity index (χ0v) is 23.1. The van der Waals surface area contributed by atoms with Crippen molar-refractivity contribution < 1.29 is 27.1 Å². The van der Waals surface area contributed by atoms with Gasteiger partial charge in [0.2, 0.25) is 0 Å². The number of carbonyl (C=O) groups excluding carboxylic acids is 1. The van der Waals surface area contributed by atoms with Gasteiger partial charge in [-0.1, -0.05) is 20.8 Å². The van der Waals surface area contributed by atoms with E-state index in [-0.39, 0.29) is 17.4 Å². The highest BCUT2D eigenvalue weighted by molar-refractivity contribution is 6.74. The lowest BCUT2D eigenvalue weighted by Gasteiger charge is -2.36. The summed E-state index contributed by atoms with van der Waals surface area (Å²) in [6, 6.07) is 2.10. The molecule has 0 aliphatic carbocycles. The van der Waals surface area contributed by atoms with Crippen molar-refractivity contribution in [1.29, 1.82) is 0 Å². The van der Waals surface area contributed by atoms with Gasteiger partial charge >= 0.3 is 12.1 Å². The first-order chi connectivity index (χ1) is 17.1. The zero-order chi connectivity index (χ0) is 27.6.